The Kier molecular flexibility index (Phi) is 3.53. The van der Waals surface area contributed by atoms with Gasteiger partial charge in [0.2, 0.25) is 0 Å². The summed E-state index contributed by atoms with van der Waals surface area (Å²) in [6, 6.07) is 26.3. The van der Waals surface area contributed by atoms with Gasteiger partial charge in [0.05, 0.1) is 34.6 Å². The van der Waals surface area contributed by atoms with Crippen molar-refractivity contribution in [1.29, 1.82) is 10.5 Å². The van der Waals surface area contributed by atoms with Crippen molar-refractivity contribution in [2.24, 2.45) is 0 Å². The van der Waals surface area contributed by atoms with E-state index < -0.39 is 0 Å². The van der Waals surface area contributed by atoms with Gasteiger partial charge in [-0.15, -0.1) is 0 Å². The average Bonchev–Trinajstić information content (AvgIpc) is 2.68. The number of nitrogens with zero attached hydrogens (tertiary/aromatic N) is 3. The third-order valence-corrected chi connectivity index (χ3v) is 5.07. The first-order chi connectivity index (χ1) is 12.6. The molecule has 0 bridgehead atoms. The SMILES string of the molecule is CC1(C)c2ccccc2N(c2cc(C#N)cc(C#N)c2)c2ccccc21. The molecule has 0 saturated carbocycles. The molecular formula is C23H17N3. The summed E-state index contributed by atoms with van der Waals surface area (Å²) >= 11 is 0. The third kappa shape index (κ3) is 2.26. The molecule has 4 rings (SSSR count). The molecule has 0 amide bonds. The molecule has 0 atom stereocenters. The van der Waals surface area contributed by atoms with Gasteiger partial charge in [0, 0.05) is 11.1 Å². The molecule has 0 aliphatic carbocycles. The molecule has 0 aromatic heterocycles. The Hall–Kier alpha value is -3.56. The highest BCUT2D eigenvalue weighted by molar-refractivity contribution is 5.86. The summed E-state index contributed by atoms with van der Waals surface area (Å²) < 4.78 is 0. The van der Waals surface area contributed by atoms with Crippen LogP contribution in [0.2, 0.25) is 0 Å². The fourth-order valence-corrected chi connectivity index (χ4v) is 3.82. The Morgan fingerprint density at radius 1 is 0.731 bits per heavy atom. The van der Waals surface area contributed by atoms with Crippen molar-refractivity contribution in [3.63, 3.8) is 0 Å². The molecule has 0 spiro atoms. The van der Waals surface area contributed by atoms with Crippen LogP contribution in [0.5, 0.6) is 0 Å². The van der Waals surface area contributed by atoms with E-state index in [1.807, 2.05) is 24.3 Å². The second kappa shape index (κ2) is 5.76. The molecule has 3 aromatic rings. The average molecular weight is 335 g/mol. The first-order valence-electron chi connectivity index (χ1n) is 8.50. The van der Waals surface area contributed by atoms with E-state index in [0.29, 0.717) is 11.1 Å². The first kappa shape index (κ1) is 15.9. The number of fused-ring (bicyclic) bond motifs is 2. The Bertz CT molecular complexity index is 1020. The monoisotopic (exact) mass is 335 g/mol. The van der Waals surface area contributed by atoms with Gasteiger partial charge in [-0.25, -0.2) is 0 Å². The third-order valence-electron chi connectivity index (χ3n) is 5.07. The standard InChI is InChI=1S/C23H17N3/c1-23(2)19-7-3-5-9-21(19)26(22-10-6-4-8-20(22)23)18-12-16(14-24)11-17(13-18)15-25/h3-13H,1-2H3. The first-order valence-corrected chi connectivity index (χ1v) is 8.50. The molecule has 124 valence electrons. The maximum absolute atomic E-state index is 9.38. The molecule has 3 aromatic carbocycles. The smallest absolute Gasteiger partial charge is 0.0992 e. The van der Waals surface area contributed by atoms with Crippen molar-refractivity contribution in [2.45, 2.75) is 19.3 Å². The number of hydrogen-bond donors (Lipinski definition) is 0. The Labute approximate surface area is 153 Å². The van der Waals surface area contributed by atoms with Gasteiger partial charge < -0.3 is 4.90 Å². The minimum atomic E-state index is -0.130. The molecule has 1 aliphatic rings. The number of para-hydroxylation sites is 2. The van der Waals surface area contributed by atoms with Crippen LogP contribution in [-0.2, 0) is 5.41 Å². The van der Waals surface area contributed by atoms with Crippen molar-refractivity contribution in [3.05, 3.63) is 89.0 Å². The molecule has 0 N–H and O–H groups in total. The summed E-state index contributed by atoms with van der Waals surface area (Å²) in [5, 5.41) is 18.8. The van der Waals surface area contributed by atoms with E-state index in [1.54, 1.807) is 6.07 Å². The van der Waals surface area contributed by atoms with Gasteiger partial charge in [0.15, 0.2) is 0 Å². The number of hydrogen-bond acceptors (Lipinski definition) is 3. The van der Waals surface area contributed by atoms with Gasteiger partial charge in [0.1, 0.15) is 0 Å². The van der Waals surface area contributed by atoms with Crippen molar-refractivity contribution in [2.75, 3.05) is 4.90 Å². The largest absolute Gasteiger partial charge is 0.310 e. The second-order valence-electron chi connectivity index (χ2n) is 6.99. The van der Waals surface area contributed by atoms with Crippen LogP contribution in [0.25, 0.3) is 0 Å². The predicted molar refractivity (Wildman–Crippen MR) is 103 cm³/mol. The number of benzene rings is 3. The van der Waals surface area contributed by atoms with Crippen LogP contribution in [-0.4, -0.2) is 0 Å². The van der Waals surface area contributed by atoms with Crippen LogP contribution >= 0.6 is 0 Å². The zero-order valence-electron chi connectivity index (χ0n) is 14.7. The van der Waals surface area contributed by atoms with E-state index in [-0.39, 0.29) is 5.41 Å². The van der Waals surface area contributed by atoms with E-state index in [0.717, 1.165) is 17.1 Å². The molecule has 0 radical (unpaired) electrons. The molecule has 1 aliphatic heterocycles. The zero-order chi connectivity index (χ0) is 18.3. The van der Waals surface area contributed by atoms with E-state index in [2.05, 4.69) is 67.3 Å². The summed E-state index contributed by atoms with van der Waals surface area (Å²) in [4.78, 5) is 2.15. The van der Waals surface area contributed by atoms with Crippen LogP contribution < -0.4 is 4.90 Å². The lowest BCUT2D eigenvalue weighted by atomic mass is 9.73. The molecule has 3 nitrogen and oxygen atoms in total. The van der Waals surface area contributed by atoms with Gasteiger partial charge in [-0.3, -0.25) is 0 Å². The highest BCUT2D eigenvalue weighted by Gasteiger charge is 2.36. The number of nitriles is 2. The van der Waals surface area contributed by atoms with Crippen LogP contribution in [0.4, 0.5) is 17.1 Å². The topological polar surface area (TPSA) is 50.8 Å². The molecule has 1 heterocycles. The molecular weight excluding hydrogens is 318 g/mol. The Morgan fingerprint density at radius 3 is 1.65 bits per heavy atom. The summed E-state index contributed by atoms with van der Waals surface area (Å²) in [6.07, 6.45) is 0. The van der Waals surface area contributed by atoms with Crippen molar-refractivity contribution in [1.82, 2.24) is 0 Å². The van der Waals surface area contributed by atoms with Crippen molar-refractivity contribution in [3.8, 4) is 12.1 Å². The summed E-state index contributed by atoms with van der Waals surface area (Å²) in [5.74, 6) is 0. The van der Waals surface area contributed by atoms with E-state index in [4.69, 9.17) is 0 Å². The summed E-state index contributed by atoms with van der Waals surface area (Å²) in [6.45, 7) is 4.46. The van der Waals surface area contributed by atoms with Crippen molar-refractivity contribution >= 4 is 17.1 Å². The number of rotatable bonds is 1. The molecule has 0 saturated heterocycles. The normalized spacial score (nSPS) is 13.9. The molecule has 0 unspecified atom stereocenters. The summed E-state index contributed by atoms with van der Waals surface area (Å²) in [5.41, 5.74) is 6.27. The zero-order valence-corrected chi connectivity index (χ0v) is 14.7. The fraction of sp³-hybridized carbons (Fsp3) is 0.130. The van der Waals surface area contributed by atoms with Gasteiger partial charge in [-0.1, -0.05) is 50.2 Å². The Morgan fingerprint density at radius 2 is 1.19 bits per heavy atom. The van der Waals surface area contributed by atoms with Gasteiger partial charge in [-0.2, -0.15) is 10.5 Å². The number of anilines is 3. The molecule has 26 heavy (non-hydrogen) atoms. The minimum absolute atomic E-state index is 0.130. The van der Waals surface area contributed by atoms with Crippen LogP contribution in [0.15, 0.2) is 66.7 Å². The lowest BCUT2D eigenvalue weighted by Gasteiger charge is -2.42. The highest BCUT2D eigenvalue weighted by Crippen LogP contribution is 2.51. The van der Waals surface area contributed by atoms with Crippen LogP contribution in [0.3, 0.4) is 0 Å². The van der Waals surface area contributed by atoms with Crippen molar-refractivity contribution < 1.29 is 0 Å². The van der Waals surface area contributed by atoms with Gasteiger partial charge in [0.25, 0.3) is 0 Å². The highest BCUT2D eigenvalue weighted by atomic mass is 15.2. The van der Waals surface area contributed by atoms with Gasteiger partial charge >= 0.3 is 0 Å². The lowest BCUT2D eigenvalue weighted by Crippen LogP contribution is -2.30. The maximum atomic E-state index is 9.38. The van der Waals surface area contributed by atoms with E-state index in [9.17, 15) is 10.5 Å². The fourth-order valence-electron chi connectivity index (χ4n) is 3.82. The quantitative estimate of drug-likeness (QED) is 0.587. The minimum Gasteiger partial charge on any atom is -0.310 e. The molecule has 0 fully saturated rings. The van der Waals surface area contributed by atoms with Gasteiger partial charge in [-0.05, 0) is 41.5 Å². The summed E-state index contributed by atoms with van der Waals surface area (Å²) in [7, 11) is 0. The van der Waals surface area contributed by atoms with Crippen LogP contribution in [0, 0.1) is 22.7 Å². The van der Waals surface area contributed by atoms with E-state index in [1.165, 1.54) is 11.1 Å². The molecule has 3 heteroatoms. The predicted octanol–water partition coefficient (Wildman–Crippen LogP) is 5.54. The lowest BCUT2D eigenvalue weighted by molar-refractivity contribution is 0.632. The second-order valence-corrected chi connectivity index (χ2v) is 6.99. The Balaban J connectivity index is 2.05. The van der Waals surface area contributed by atoms with Crippen LogP contribution in [0.1, 0.15) is 36.1 Å². The van der Waals surface area contributed by atoms with E-state index >= 15 is 0 Å². The maximum Gasteiger partial charge on any atom is 0.0992 e.